The van der Waals surface area contributed by atoms with Gasteiger partial charge in [0.1, 0.15) is 0 Å². The van der Waals surface area contributed by atoms with Gasteiger partial charge in [0, 0.05) is 32.8 Å². The van der Waals surface area contributed by atoms with E-state index in [1.165, 1.54) is 0 Å². The third-order valence-corrected chi connectivity index (χ3v) is 3.39. The summed E-state index contributed by atoms with van der Waals surface area (Å²) in [6, 6.07) is 0. The molecule has 0 spiro atoms. The molecule has 5 nitrogen and oxygen atoms in total. The van der Waals surface area contributed by atoms with E-state index >= 15 is 0 Å². The monoisotopic (exact) mass is 290 g/mol. The highest BCUT2D eigenvalue weighted by Crippen LogP contribution is 2.12. The summed E-state index contributed by atoms with van der Waals surface area (Å²) >= 11 is 0. The molecule has 0 amide bonds. The van der Waals surface area contributed by atoms with Crippen molar-refractivity contribution in [2.75, 3.05) is 52.6 Å². The first-order valence-corrected chi connectivity index (χ1v) is 7.86. The first-order valence-electron chi connectivity index (χ1n) is 7.86. The zero-order valence-corrected chi connectivity index (χ0v) is 13.6. The SMILES string of the molecule is CCOCCN(CCCCC(C)(O)CN)CCOCC. The number of hydrogen-bond donors (Lipinski definition) is 2. The Morgan fingerprint density at radius 3 is 2.00 bits per heavy atom. The Morgan fingerprint density at radius 1 is 1.00 bits per heavy atom. The maximum Gasteiger partial charge on any atom is 0.0741 e. The zero-order chi connectivity index (χ0) is 15.3. The summed E-state index contributed by atoms with van der Waals surface area (Å²) in [7, 11) is 0. The molecule has 0 aromatic carbocycles. The minimum absolute atomic E-state index is 0.325. The lowest BCUT2D eigenvalue weighted by Gasteiger charge is -2.24. The molecule has 0 heterocycles. The van der Waals surface area contributed by atoms with Gasteiger partial charge in [-0.25, -0.2) is 0 Å². The molecule has 0 aromatic rings. The highest BCUT2D eigenvalue weighted by molar-refractivity contribution is 4.73. The third kappa shape index (κ3) is 11.6. The fourth-order valence-corrected chi connectivity index (χ4v) is 1.95. The fraction of sp³-hybridized carbons (Fsp3) is 1.00. The topological polar surface area (TPSA) is 68.0 Å². The Hall–Kier alpha value is -0.200. The molecule has 3 N–H and O–H groups in total. The van der Waals surface area contributed by atoms with Crippen LogP contribution in [0.15, 0.2) is 0 Å². The normalized spacial score (nSPS) is 14.7. The summed E-state index contributed by atoms with van der Waals surface area (Å²) < 4.78 is 10.8. The average Bonchev–Trinajstić information content (AvgIpc) is 2.43. The van der Waals surface area contributed by atoms with E-state index in [0.717, 1.165) is 65.3 Å². The molecule has 1 atom stereocenters. The van der Waals surface area contributed by atoms with Gasteiger partial charge in [0.05, 0.1) is 18.8 Å². The number of aliphatic hydroxyl groups is 1. The Labute approximate surface area is 124 Å². The molecule has 0 aliphatic carbocycles. The van der Waals surface area contributed by atoms with Gasteiger partial charge in [-0.1, -0.05) is 0 Å². The van der Waals surface area contributed by atoms with E-state index in [9.17, 15) is 5.11 Å². The van der Waals surface area contributed by atoms with Gasteiger partial charge < -0.3 is 20.3 Å². The van der Waals surface area contributed by atoms with Gasteiger partial charge in [-0.2, -0.15) is 0 Å². The second-order valence-electron chi connectivity index (χ2n) is 5.39. The molecular weight excluding hydrogens is 256 g/mol. The molecule has 0 radical (unpaired) electrons. The molecule has 0 aromatic heterocycles. The van der Waals surface area contributed by atoms with Crippen molar-refractivity contribution in [1.29, 1.82) is 0 Å². The van der Waals surface area contributed by atoms with Gasteiger partial charge in [-0.15, -0.1) is 0 Å². The maximum absolute atomic E-state index is 9.86. The van der Waals surface area contributed by atoms with Crippen LogP contribution in [-0.2, 0) is 9.47 Å². The van der Waals surface area contributed by atoms with Crippen molar-refractivity contribution in [3.8, 4) is 0 Å². The van der Waals surface area contributed by atoms with E-state index in [0.29, 0.717) is 6.54 Å². The van der Waals surface area contributed by atoms with Crippen LogP contribution in [-0.4, -0.2) is 68.2 Å². The van der Waals surface area contributed by atoms with Crippen LogP contribution in [0.25, 0.3) is 0 Å². The van der Waals surface area contributed by atoms with Crippen LogP contribution in [0.2, 0.25) is 0 Å². The summed E-state index contributed by atoms with van der Waals surface area (Å²) in [4.78, 5) is 2.36. The third-order valence-electron chi connectivity index (χ3n) is 3.39. The van der Waals surface area contributed by atoms with Crippen molar-refractivity contribution in [2.24, 2.45) is 5.73 Å². The van der Waals surface area contributed by atoms with E-state index in [1.54, 1.807) is 6.92 Å². The number of nitrogens with two attached hydrogens (primary N) is 1. The van der Waals surface area contributed by atoms with E-state index in [-0.39, 0.29) is 0 Å². The second-order valence-corrected chi connectivity index (χ2v) is 5.39. The predicted octanol–water partition coefficient (Wildman–Crippen LogP) is 1.24. The summed E-state index contributed by atoms with van der Waals surface area (Å²) in [5, 5.41) is 9.86. The lowest BCUT2D eigenvalue weighted by Crippen LogP contribution is -2.35. The molecule has 0 saturated heterocycles. The maximum atomic E-state index is 9.86. The summed E-state index contributed by atoms with van der Waals surface area (Å²) in [5.74, 6) is 0. The minimum Gasteiger partial charge on any atom is -0.389 e. The minimum atomic E-state index is -0.721. The Morgan fingerprint density at radius 2 is 1.55 bits per heavy atom. The number of hydrogen-bond acceptors (Lipinski definition) is 5. The van der Waals surface area contributed by atoms with Crippen molar-refractivity contribution < 1.29 is 14.6 Å². The van der Waals surface area contributed by atoms with Gasteiger partial charge in [0.25, 0.3) is 0 Å². The Bertz CT molecular complexity index is 203. The predicted molar refractivity (Wildman–Crippen MR) is 83.0 cm³/mol. The van der Waals surface area contributed by atoms with Gasteiger partial charge in [-0.05, 0) is 46.6 Å². The van der Waals surface area contributed by atoms with E-state index < -0.39 is 5.60 Å². The molecule has 5 heteroatoms. The first kappa shape index (κ1) is 19.8. The van der Waals surface area contributed by atoms with Crippen molar-refractivity contribution in [3.63, 3.8) is 0 Å². The van der Waals surface area contributed by atoms with Crippen molar-refractivity contribution in [1.82, 2.24) is 4.90 Å². The molecule has 0 fully saturated rings. The molecule has 0 saturated carbocycles. The lowest BCUT2D eigenvalue weighted by molar-refractivity contribution is 0.0539. The lowest BCUT2D eigenvalue weighted by atomic mass is 9.99. The van der Waals surface area contributed by atoms with Crippen LogP contribution < -0.4 is 5.73 Å². The Balaban J connectivity index is 3.83. The molecule has 0 bridgehead atoms. The van der Waals surface area contributed by atoms with Gasteiger partial charge >= 0.3 is 0 Å². The van der Waals surface area contributed by atoms with Crippen LogP contribution in [0.1, 0.15) is 40.0 Å². The number of unbranched alkanes of at least 4 members (excludes halogenated alkanes) is 1. The summed E-state index contributed by atoms with van der Waals surface area (Å²) in [6.45, 7) is 12.1. The molecule has 0 aliphatic rings. The number of rotatable bonds is 14. The largest absolute Gasteiger partial charge is 0.389 e. The smallest absolute Gasteiger partial charge is 0.0741 e. The van der Waals surface area contributed by atoms with Gasteiger partial charge in [-0.3, -0.25) is 4.90 Å². The van der Waals surface area contributed by atoms with Crippen molar-refractivity contribution in [3.05, 3.63) is 0 Å². The molecule has 20 heavy (non-hydrogen) atoms. The Kier molecular flexibility index (Phi) is 12.4. The van der Waals surface area contributed by atoms with Crippen LogP contribution in [0.5, 0.6) is 0 Å². The molecule has 0 aliphatic heterocycles. The summed E-state index contributed by atoms with van der Waals surface area (Å²) in [6.07, 6.45) is 2.81. The number of nitrogens with zero attached hydrogens (tertiary/aromatic N) is 1. The highest BCUT2D eigenvalue weighted by Gasteiger charge is 2.17. The van der Waals surface area contributed by atoms with Crippen LogP contribution in [0.3, 0.4) is 0 Å². The van der Waals surface area contributed by atoms with Crippen LogP contribution >= 0.6 is 0 Å². The average molecular weight is 290 g/mol. The van der Waals surface area contributed by atoms with Crippen molar-refractivity contribution >= 4 is 0 Å². The second kappa shape index (κ2) is 12.5. The molecular formula is C15H34N2O3. The quantitative estimate of drug-likeness (QED) is 0.471. The number of ether oxygens (including phenoxy) is 2. The molecule has 122 valence electrons. The van der Waals surface area contributed by atoms with E-state index in [2.05, 4.69) is 4.90 Å². The molecule has 0 rings (SSSR count). The van der Waals surface area contributed by atoms with E-state index in [1.807, 2.05) is 13.8 Å². The summed E-state index contributed by atoms with van der Waals surface area (Å²) in [5.41, 5.74) is 4.80. The zero-order valence-electron chi connectivity index (χ0n) is 13.6. The van der Waals surface area contributed by atoms with Gasteiger partial charge in [0.2, 0.25) is 0 Å². The van der Waals surface area contributed by atoms with E-state index in [4.69, 9.17) is 15.2 Å². The fourth-order valence-electron chi connectivity index (χ4n) is 1.95. The van der Waals surface area contributed by atoms with Crippen LogP contribution in [0, 0.1) is 0 Å². The van der Waals surface area contributed by atoms with Gasteiger partial charge in [0.15, 0.2) is 0 Å². The highest BCUT2D eigenvalue weighted by atomic mass is 16.5. The molecule has 1 unspecified atom stereocenters. The first-order chi connectivity index (χ1) is 9.55. The standard InChI is InChI=1S/C15H34N2O3/c1-4-19-12-10-17(11-13-20-5-2)9-7-6-8-15(3,18)14-16/h18H,4-14,16H2,1-3H3. The van der Waals surface area contributed by atoms with Crippen molar-refractivity contribution in [2.45, 2.75) is 45.6 Å². The van der Waals surface area contributed by atoms with Crippen LogP contribution in [0.4, 0.5) is 0 Å².